The lowest BCUT2D eigenvalue weighted by Crippen LogP contribution is -2.42. The summed E-state index contributed by atoms with van der Waals surface area (Å²) in [5, 5.41) is 3.64. The summed E-state index contributed by atoms with van der Waals surface area (Å²) in [5.74, 6) is 3.40. The fourth-order valence-electron chi connectivity index (χ4n) is 2.62. The van der Waals surface area contributed by atoms with Gasteiger partial charge in [-0.15, -0.1) is 6.42 Å². The first kappa shape index (κ1) is 14.9. The van der Waals surface area contributed by atoms with Crippen LogP contribution in [0.3, 0.4) is 0 Å². The quantitative estimate of drug-likeness (QED) is 0.804. The van der Waals surface area contributed by atoms with Gasteiger partial charge in [0.15, 0.2) is 0 Å². The Kier molecular flexibility index (Phi) is 5.91. The first-order chi connectivity index (χ1) is 9.83. The van der Waals surface area contributed by atoms with E-state index in [4.69, 9.17) is 11.2 Å². The zero-order chi connectivity index (χ0) is 14.2. The van der Waals surface area contributed by atoms with Crippen molar-refractivity contribution >= 4 is 0 Å². The van der Waals surface area contributed by atoms with Gasteiger partial charge < -0.3 is 15.0 Å². The highest BCUT2D eigenvalue weighted by atomic mass is 16.5. The van der Waals surface area contributed by atoms with E-state index in [0.717, 1.165) is 18.8 Å². The minimum Gasteiger partial charge on any atom is -0.481 e. The number of likely N-dealkylation sites (tertiary alicyclic amines) is 1. The Balaban J connectivity index is 1.83. The predicted octanol–water partition coefficient (Wildman–Crippen LogP) is 2.27. The van der Waals surface area contributed by atoms with Gasteiger partial charge in [0.2, 0.25) is 0 Å². The molecule has 0 bridgehead atoms. The second-order valence-electron chi connectivity index (χ2n) is 5.19. The number of hydrogen-bond acceptors (Lipinski definition) is 3. The minimum atomic E-state index is 0.325. The second kappa shape index (κ2) is 7.94. The van der Waals surface area contributed by atoms with Crippen molar-refractivity contribution in [1.29, 1.82) is 0 Å². The Labute approximate surface area is 122 Å². The van der Waals surface area contributed by atoms with Gasteiger partial charge in [-0.25, -0.2) is 0 Å². The molecule has 2 rings (SSSR count). The third-order valence-corrected chi connectivity index (χ3v) is 3.90. The molecular formula is C17H24N2O. The maximum atomic E-state index is 5.58. The predicted molar refractivity (Wildman–Crippen MR) is 82.7 cm³/mol. The van der Waals surface area contributed by atoms with Crippen molar-refractivity contribution in [3.63, 3.8) is 0 Å². The fourth-order valence-corrected chi connectivity index (χ4v) is 2.62. The Morgan fingerprint density at radius 2 is 2.10 bits per heavy atom. The van der Waals surface area contributed by atoms with Crippen molar-refractivity contribution in [3.05, 3.63) is 29.8 Å². The molecule has 1 aromatic rings. The van der Waals surface area contributed by atoms with Crippen LogP contribution in [-0.4, -0.2) is 37.2 Å². The normalized spacial score (nSPS) is 16.8. The molecule has 0 atom stereocenters. The molecule has 0 saturated carbocycles. The van der Waals surface area contributed by atoms with Crippen molar-refractivity contribution in [2.24, 2.45) is 0 Å². The molecule has 0 unspecified atom stereocenters. The fraction of sp³-hybridized carbons (Fsp3) is 0.529. The van der Waals surface area contributed by atoms with E-state index in [0.29, 0.717) is 12.6 Å². The molecule has 1 heterocycles. The van der Waals surface area contributed by atoms with Crippen LogP contribution < -0.4 is 10.1 Å². The summed E-state index contributed by atoms with van der Waals surface area (Å²) in [7, 11) is 0. The topological polar surface area (TPSA) is 24.5 Å². The van der Waals surface area contributed by atoms with Crippen LogP contribution in [0.4, 0.5) is 0 Å². The smallest absolute Gasteiger partial charge is 0.148 e. The average Bonchev–Trinajstić information content (AvgIpc) is 2.52. The lowest BCUT2D eigenvalue weighted by molar-refractivity contribution is 0.205. The van der Waals surface area contributed by atoms with Crippen molar-refractivity contribution in [3.8, 4) is 18.1 Å². The van der Waals surface area contributed by atoms with E-state index in [1.54, 1.807) is 0 Å². The van der Waals surface area contributed by atoms with Crippen molar-refractivity contribution in [1.82, 2.24) is 10.2 Å². The standard InChI is InChI=1S/C17H24N2O/c1-3-13-20-17-8-6-5-7-15(17)14-18-16-9-11-19(4-2)12-10-16/h1,5-8,16,18H,4,9-14H2,2H3. The Morgan fingerprint density at radius 3 is 2.80 bits per heavy atom. The van der Waals surface area contributed by atoms with Crippen molar-refractivity contribution < 1.29 is 4.74 Å². The highest BCUT2D eigenvalue weighted by Crippen LogP contribution is 2.18. The Hall–Kier alpha value is -1.50. The highest BCUT2D eigenvalue weighted by molar-refractivity contribution is 5.33. The summed E-state index contributed by atoms with van der Waals surface area (Å²) in [6.45, 7) is 6.96. The van der Waals surface area contributed by atoms with E-state index < -0.39 is 0 Å². The zero-order valence-corrected chi connectivity index (χ0v) is 12.3. The van der Waals surface area contributed by atoms with E-state index in [9.17, 15) is 0 Å². The number of ether oxygens (including phenoxy) is 1. The maximum Gasteiger partial charge on any atom is 0.148 e. The van der Waals surface area contributed by atoms with Gasteiger partial charge in [0.25, 0.3) is 0 Å². The molecule has 0 spiro atoms. The first-order valence-corrected chi connectivity index (χ1v) is 7.43. The molecule has 1 fully saturated rings. The molecule has 0 radical (unpaired) electrons. The summed E-state index contributed by atoms with van der Waals surface area (Å²) >= 11 is 0. The molecule has 108 valence electrons. The van der Waals surface area contributed by atoms with Crippen LogP contribution >= 0.6 is 0 Å². The van der Waals surface area contributed by atoms with Gasteiger partial charge in [-0.3, -0.25) is 0 Å². The van der Waals surface area contributed by atoms with Gasteiger partial charge in [-0.2, -0.15) is 0 Å². The molecule has 1 aromatic carbocycles. The average molecular weight is 272 g/mol. The van der Waals surface area contributed by atoms with Crippen LogP contribution in [0.15, 0.2) is 24.3 Å². The lowest BCUT2D eigenvalue weighted by atomic mass is 10.0. The number of nitrogens with zero attached hydrogens (tertiary/aromatic N) is 1. The van der Waals surface area contributed by atoms with Crippen molar-refractivity contribution in [2.45, 2.75) is 32.4 Å². The largest absolute Gasteiger partial charge is 0.481 e. The molecule has 1 saturated heterocycles. The second-order valence-corrected chi connectivity index (χ2v) is 5.19. The number of para-hydroxylation sites is 1. The SMILES string of the molecule is C#CCOc1ccccc1CNC1CCN(CC)CC1. The van der Waals surface area contributed by atoms with Crippen LogP contribution in [0.5, 0.6) is 5.75 Å². The van der Waals surface area contributed by atoms with Crippen molar-refractivity contribution in [2.75, 3.05) is 26.2 Å². The van der Waals surface area contributed by atoms with Gasteiger partial charge in [0.1, 0.15) is 12.4 Å². The summed E-state index contributed by atoms with van der Waals surface area (Å²) in [5.41, 5.74) is 1.18. The molecular weight excluding hydrogens is 248 g/mol. The third kappa shape index (κ3) is 4.26. The first-order valence-electron chi connectivity index (χ1n) is 7.43. The van der Waals surface area contributed by atoms with Gasteiger partial charge in [0.05, 0.1) is 0 Å². The lowest BCUT2D eigenvalue weighted by Gasteiger charge is -2.31. The van der Waals surface area contributed by atoms with Crippen LogP contribution in [0.2, 0.25) is 0 Å². The van der Waals surface area contributed by atoms with Crippen LogP contribution in [-0.2, 0) is 6.54 Å². The molecule has 20 heavy (non-hydrogen) atoms. The summed E-state index contributed by atoms with van der Waals surface area (Å²) in [6, 6.07) is 8.71. The third-order valence-electron chi connectivity index (χ3n) is 3.90. The summed E-state index contributed by atoms with van der Waals surface area (Å²) < 4.78 is 5.58. The molecule has 0 aliphatic carbocycles. The Bertz CT molecular complexity index is 445. The Morgan fingerprint density at radius 1 is 1.35 bits per heavy atom. The number of terminal acetylenes is 1. The number of nitrogens with one attached hydrogen (secondary N) is 1. The monoisotopic (exact) mass is 272 g/mol. The van der Waals surface area contributed by atoms with Gasteiger partial charge in [-0.1, -0.05) is 31.0 Å². The van der Waals surface area contributed by atoms with E-state index in [2.05, 4.69) is 29.1 Å². The number of rotatable bonds is 6. The zero-order valence-electron chi connectivity index (χ0n) is 12.3. The maximum absolute atomic E-state index is 5.58. The molecule has 3 nitrogen and oxygen atoms in total. The van der Waals surface area contributed by atoms with E-state index in [1.807, 2.05) is 18.2 Å². The van der Waals surface area contributed by atoms with Crippen LogP contribution in [0.25, 0.3) is 0 Å². The molecule has 0 aromatic heterocycles. The molecule has 3 heteroatoms. The molecule has 1 N–H and O–H groups in total. The van der Waals surface area contributed by atoms with Crippen LogP contribution in [0.1, 0.15) is 25.3 Å². The van der Waals surface area contributed by atoms with E-state index in [1.165, 1.54) is 31.5 Å². The number of hydrogen-bond donors (Lipinski definition) is 1. The summed E-state index contributed by atoms with van der Waals surface area (Å²) in [6.07, 6.45) is 7.70. The minimum absolute atomic E-state index is 0.325. The molecule has 0 amide bonds. The molecule has 1 aliphatic heterocycles. The van der Waals surface area contributed by atoms with Gasteiger partial charge in [0, 0.05) is 18.2 Å². The highest BCUT2D eigenvalue weighted by Gasteiger charge is 2.17. The van der Waals surface area contributed by atoms with Gasteiger partial charge in [-0.05, 0) is 38.5 Å². The van der Waals surface area contributed by atoms with E-state index >= 15 is 0 Å². The summed E-state index contributed by atoms with van der Waals surface area (Å²) in [4.78, 5) is 2.50. The van der Waals surface area contributed by atoms with Gasteiger partial charge >= 0.3 is 0 Å². The number of piperidine rings is 1. The van der Waals surface area contributed by atoms with E-state index in [-0.39, 0.29) is 0 Å². The number of benzene rings is 1. The van der Waals surface area contributed by atoms with Crippen LogP contribution in [0, 0.1) is 12.3 Å². The molecule has 1 aliphatic rings.